The Morgan fingerprint density at radius 1 is 1.03 bits per heavy atom. The van der Waals surface area contributed by atoms with Gasteiger partial charge in [-0.15, -0.1) is 21.5 Å². The molecule has 9 nitrogen and oxygen atoms in total. The second kappa shape index (κ2) is 10.4. The third-order valence-electron chi connectivity index (χ3n) is 6.81. The van der Waals surface area contributed by atoms with Crippen molar-refractivity contribution >= 4 is 39.0 Å². The van der Waals surface area contributed by atoms with E-state index < -0.39 is 12.0 Å². The summed E-state index contributed by atoms with van der Waals surface area (Å²) in [5.74, 6) is 0.614. The number of halogens is 3. The molecule has 1 saturated heterocycles. The van der Waals surface area contributed by atoms with Gasteiger partial charge in [-0.1, -0.05) is 48.8 Å². The number of anilines is 2. The highest BCUT2D eigenvalue weighted by Gasteiger charge is 2.40. The Kier molecular flexibility index (Phi) is 6.83. The number of hydrogen-bond donors (Lipinski definition) is 0. The molecular formula is C26H27F3N8OS. The van der Waals surface area contributed by atoms with E-state index >= 15 is 0 Å². The average Bonchev–Trinajstić information content (AvgIpc) is 3.66. The minimum Gasteiger partial charge on any atom is -0.391 e. The van der Waals surface area contributed by atoms with Crippen LogP contribution in [0.15, 0.2) is 41.6 Å². The maximum absolute atomic E-state index is 13.4. The monoisotopic (exact) mass is 556 g/mol. The van der Waals surface area contributed by atoms with Gasteiger partial charge in [0.2, 0.25) is 11.8 Å². The van der Waals surface area contributed by atoms with Crippen molar-refractivity contribution in [2.45, 2.75) is 52.1 Å². The fourth-order valence-corrected chi connectivity index (χ4v) is 6.02. The highest BCUT2D eigenvalue weighted by molar-refractivity contribution is 7.18. The molecule has 4 aromatic rings. The zero-order valence-electron chi connectivity index (χ0n) is 21.4. The van der Waals surface area contributed by atoms with Crippen LogP contribution in [0.2, 0.25) is 0 Å². The Morgan fingerprint density at radius 2 is 1.87 bits per heavy atom. The van der Waals surface area contributed by atoms with E-state index in [0.29, 0.717) is 38.0 Å². The van der Waals surface area contributed by atoms with Crippen LogP contribution in [0, 0.1) is 0 Å². The molecule has 0 atom stereocenters. The minimum absolute atomic E-state index is 0.128. The van der Waals surface area contributed by atoms with E-state index in [9.17, 15) is 13.2 Å². The van der Waals surface area contributed by atoms with Crippen molar-refractivity contribution in [1.82, 2.24) is 24.7 Å². The third-order valence-corrected chi connectivity index (χ3v) is 7.90. The summed E-state index contributed by atoms with van der Waals surface area (Å²) in [6, 6.07) is 12.0. The Morgan fingerprint density at radius 3 is 2.67 bits per heavy atom. The fourth-order valence-electron chi connectivity index (χ4n) is 4.91. The van der Waals surface area contributed by atoms with Crippen molar-refractivity contribution in [2.75, 3.05) is 29.4 Å². The summed E-state index contributed by atoms with van der Waals surface area (Å²) in [5, 5.41) is 12.5. The Balaban J connectivity index is 1.26. The summed E-state index contributed by atoms with van der Waals surface area (Å²) >= 11 is 1.64. The molecule has 0 bridgehead atoms. The number of aromatic nitrogens is 5. The Labute approximate surface area is 226 Å². The molecule has 1 fully saturated rings. The molecule has 0 amide bonds. The molecule has 39 heavy (non-hydrogen) atoms. The lowest BCUT2D eigenvalue weighted by Crippen LogP contribution is -2.36. The van der Waals surface area contributed by atoms with Gasteiger partial charge in [-0.2, -0.15) is 18.2 Å². The third kappa shape index (κ3) is 5.27. The van der Waals surface area contributed by atoms with Gasteiger partial charge in [0.1, 0.15) is 17.3 Å². The number of fused-ring (bicyclic) bond motifs is 2. The highest BCUT2D eigenvalue weighted by atomic mass is 32.1. The molecule has 13 heteroatoms. The van der Waals surface area contributed by atoms with E-state index in [2.05, 4.69) is 33.2 Å². The van der Waals surface area contributed by atoms with Crippen LogP contribution in [-0.4, -0.2) is 50.1 Å². The highest BCUT2D eigenvalue weighted by Crippen LogP contribution is 2.36. The first-order valence-corrected chi connectivity index (χ1v) is 13.7. The maximum Gasteiger partial charge on any atom is 0.451 e. The molecule has 0 unspecified atom stereocenters. The predicted molar refractivity (Wildman–Crippen MR) is 143 cm³/mol. The van der Waals surface area contributed by atoms with Crippen molar-refractivity contribution in [2.24, 2.45) is 5.16 Å². The zero-order chi connectivity index (χ0) is 27.0. The second-order valence-electron chi connectivity index (χ2n) is 9.63. The number of alkyl halides is 3. The Hall–Kier alpha value is -3.74. The number of rotatable bonds is 7. The molecule has 0 saturated carbocycles. The summed E-state index contributed by atoms with van der Waals surface area (Å²) in [6.07, 6.45) is -1.86. The van der Waals surface area contributed by atoms with E-state index in [1.165, 1.54) is 4.88 Å². The fraction of sp³-hybridized carbons (Fsp3) is 0.423. The van der Waals surface area contributed by atoms with Crippen LogP contribution in [0.25, 0.3) is 10.2 Å². The van der Waals surface area contributed by atoms with E-state index in [0.717, 1.165) is 45.3 Å². The van der Waals surface area contributed by atoms with Gasteiger partial charge in [-0.05, 0) is 18.1 Å². The van der Waals surface area contributed by atoms with Gasteiger partial charge in [0, 0.05) is 30.9 Å². The van der Waals surface area contributed by atoms with Crippen molar-refractivity contribution in [3.05, 3.63) is 58.5 Å². The molecule has 204 valence electrons. The molecule has 6 rings (SSSR count). The quantitative estimate of drug-likeness (QED) is 0.294. The van der Waals surface area contributed by atoms with Gasteiger partial charge < -0.3 is 19.2 Å². The van der Waals surface area contributed by atoms with Gasteiger partial charge in [-0.3, -0.25) is 0 Å². The molecule has 1 aromatic carbocycles. The van der Waals surface area contributed by atoms with E-state index in [1.807, 2.05) is 35.2 Å². The summed E-state index contributed by atoms with van der Waals surface area (Å²) < 4.78 is 41.2. The summed E-state index contributed by atoms with van der Waals surface area (Å²) in [5.41, 5.74) is 1.97. The van der Waals surface area contributed by atoms with Crippen LogP contribution in [0.1, 0.15) is 41.9 Å². The van der Waals surface area contributed by atoms with Gasteiger partial charge in [0.15, 0.2) is 5.82 Å². The first-order chi connectivity index (χ1) is 18.9. The maximum atomic E-state index is 13.4. The zero-order valence-corrected chi connectivity index (χ0v) is 22.2. The molecule has 5 heterocycles. The molecular weight excluding hydrogens is 529 g/mol. The van der Waals surface area contributed by atoms with Crippen molar-refractivity contribution in [3.8, 4) is 0 Å². The van der Waals surface area contributed by atoms with E-state index in [-0.39, 0.29) is 18.9 Å². The standard InChI is InChI=1S/C26H27F3N8OS/c1-2-6-19-13-20-22(35-11-12-37-21(15-35)32-33-24(37)26(27,28)29)30-25(31-23(20)39-19)36-10-9-18(14-36)34-38-16-17-7-4-3-5-8-17/h3-5,7-8,13H,2,6,9-12,14-16H2,1H3/b34-18+. The normalized spacial score (nSPS) is 16.9. The van der Waals surface area contributed by atoms with E-state index in [1.54, 1.807) is 11.3 Å². The summed E-state index contributed by atoms with van der Waals surface area (Å²) in [7, 11) is 0. The van der Waals surface area contributed by atoms with E-state index in [4.69, 9.17) is 14.8 Å². The van der Waals surface area contributed by atoms with Crippen LogP contribution in [0.5, 0.6) is 0 Å². The number of oxime groups is 1. The molecule has 3 aromatic heterocycles. The number of hydrogen-bond acceptors (Lipinski definition) is 9. The lowest BCUT2D eigenvalue weighted by Gasteiger charge is -2.30. The average molecular weight is 557 g/mol. The first kappa shape index (κ1) is 25.5. The number of thiophene rings is 1. The Bertz CT molecular complexity index is 1500. The van der Waals surface area contributed by atoms with Gasteiger partial charge in [0.05, 0.1) is 24.2 Å². The van der Waals surface area contributed by atoms with Crippen molar-refractivity contribution in [1.29, 1.82) is 0 Å². The van der Waals surface area contributed by atoms with Crippen LogP contribution >= 0.6 is 11.3 Å². The van der Waals surface area contributed by atoms with Gasteiger partial charge >= 0.3 is 6.18 Å². The number of aryl methyl sites for hydroxylation is 1. The minimum atomic E-state index is -4.54. The number of nitrogens with zero attached hydrogens (tertiary/aromatic N) is 8. The van der Waals surface area contributed by atoms with Gasteiger partial charge in [-0.25, -0.2) is 4.98 Å². The summed E-state index contributed by atoms with van der Waals surface area (Å²) in [6.45, 7) is 4.46. The smallest absolute Gasteiger partial charge is 0.391 e. The van der Waals surface area contributed by atoms with Gasteiger partial charge in [0.25, 0.3) is 0 Å². The second-order valence-corrected chi connectivity index (χ2v) is 10.7. The first-order valence-electron chi connectivity index (χ1n) is 12.9. The topological polar surface area (TPSA) is 84.6 Å². The summed E-state index contributed by atoms with van der Waals surface area (Å²) in [4.78, 5) is 21.5. The predicted octanol–water partition coefficient (Wildman–Crippen LogP) is 5.06. The number of benzene rings is 1. The van der Waals surface area contributed by atoms with Crippen LogP contribution < -0.4 is 9.80 Å². The molecule has 0 aliphatic carbocycles. The van der Waals surface area contributed by atoms with Crippen molar-refractivity contribution < 1.29 is 18.0 Å². The lowest BCUT2D eigenvalue weighted by atomic mass is 10.2. The lowest BCUT2D eigenvalue weighted by molar-refractivity contribution is -0.147. The van der Waals surface area contributed by atoms with Crippen LogP contribution in [0.3, 0.4) is 0 Å². The van der Waals surface area contributed by atoms with Crippen LogP contribution in [-0.2, 0) is 37.1 Å². The SMILES string of the molecule is CCCc1cc2c(N3CCn4c(nnc4C(F)(F)F)C3)nc(N3CC/C(=N\OCc4ccccc4)C3)nc2s1. The molecule has 0 N–H and O–H groups in total. The molecule has 0 radical (unpaired) electrons. The largest absolute Gasteiger partial charge is 0.451 e. The molecule has 0 spiro atoms. The molecule has 2 aliphatic rings. The van der Waals surface area contributed by atoms with Crippen LogP contribution in [0.4, 0.5) is 24.9 Å². The molecule has 2 aliphatic heterocycles. The van der Waals surface area contributed by atoms with Crippen molar-refractivity contribution in [3.63, 3.8) is 0 Å².